The normalized spacial score (nSPS) is 18.6. The number of allylic oxidation sites excluding steroid dienone is 1. The molecule has 0 radical (unpaired) electrons. The van der Waals surface area contributed by atoms with Gasteiger partial charge in [-0.2, -0.15) is 0 Å². The van der Waals surface area contributed by atoms with Gasteiger partial charge < -0.3 is 23.6 Å². The Kier molecular flexibility index (Phi) is 8.16. The molecule has 1 heterocycles. The zero-order valence-electron chi connectivity index (χ0n) is 15.7. The standard InChI is InChI=1S/C19H29O6P/c1-4-7-8-13-18(26(21,23-5-2)24-6-3)19(20)17-14-22-15-11-9-10-12-16(15)25-17/h9-13,17,19-20H,4-8,14H2,1-3H3/b18-13-. The largest absolute Gasteiger partial charge is 0.486 e. The van der Waals surface area contributed by atoms with Crippen molar-refractivity contribution in [3.63, 3.8) is 0 Å². The van der Waals surface area contributed by atoms with Crippen LogP contribution in [0, 0.1) is 0 Å². The van der Waals surface area contributed by atoms with Gasteiger partial charge in [0.1, 0.15) is 12.7 Å². The van der Waals surface area contributed by atoms with E-state index in [9.17, 15) is 9.67 Å². The minimum atomic E-state index is -3.60. The van der Waals surface area contributed by atoms with E-state index in [1.54, 1.807) is 32.1 Å². The Morgan fingerprint density at radius 2 is 1.92 bits per heavy atom. The average molecular weight is 384 g/mol. The van der Waals surface area contributed by atoms with Crippen molar-refractivity contribution in [3.05, 3.63) is 35.7 Å². The van der Waals surface area contributed by atoms with Crippen LogP contribution in [-0.2, 0) is 13.6 Å². The van der Waals surface area contributed by atoms with Crippen molar-refractivity contribution in [1.82, 2.24) is 0 Å². The van der Waals surface area contributed by atoms with Crippen LogP contribution in [0.2, 0.25) is 0 Å². The summed E-state index contributed by atoms with van der Waals surface area (Å²) in [6, 6.07) is 7.27. The molecule has 146 valence electrons. The van der Waals surface area contributed by atoms with Crippen LogP contribution >= 0.6 is 7.60 Å². The fourth-order valence-corrected chi connectivity index (χ4v) is 4.65. The second-order valence-electron chi connectivity index (χ2n) is 5.96. The predicted molar refractivity (Wildman–Crippen MR) is 101 cm³/mol. The molecule has 0 saturated carbocycles. The van der Waals surface area contributed by atoms with Gasteiger partial charge in [0, 0.05) is 0 Å². The van der Waals surface area contributed by atoms with Crippen molar-refractivity contribution in [2.24, 2.45) is 0 Å². The number of ether oxygens (including phenoxy) is 2. The van der Waals surface area contributed by atoms with E-state index in [1.165, 1.54) is 0 Å². The predicted octanol–water partition coefficient (Wildman–Crippen LogP) is 4.53. The maximum absolute atomic E-state index is 13.3. The third-order valence-electron chi connectivity index (χ3n) is 4.01. The van der Waals surface area contributed by atoms with Crippen LogP contribution in [0.15, 0.2) is 35.7 Å². The molecule has 0 spiro atoms. The number of aliphatic hydroxyl groups excluding tert-OH is 1. The quantitative estimate of drug-likeness (QED) is 0.472. The first-order valence-electron chi connectivity index (χ1n) is 9.22. The smallest absolute Gasteiger partial charge is 0.359 e. The molecule has 0 fully saturated rings. The molecule has 1 aromatic carbocycles. The second-order valence-corrected chi connectivity index (χ2v) is 7.99. The fourth-order valence-electron chi connectivity index (χ4n) is 2.76. The van der Waals surface area contributed by atoms with Gasteiger partial charge in [0.25, 0.3) is 0 Å². The molecule has 1 aromatic rings. The van der Waals surface area contributed by atoms with Crippen molar-refractivity contribution in [1.29, 1.82) is 0 Å². The first kappa shape index (κ1) is 21.0. The highest BCUT2D eigenvalue weighted by Gasteiger charge is 2.40. The van der Waals surface area contributed by atoms with E-state index in [4.69, 9.17) is 18.5 Å². The minimum absolute atomic E-state index is 0.154. The Hall–Kier alpha value is -1.33. The highest BCUT2D eigenvalue weighted by atomic mass is 31.2. The van der Waals surface area contributed by atoms with Crippen molar-refractivity contribution in [2.45, 2.75) is 52.2 Å². The molecule has 0 aliphatic carbocycles. The average Bonchev–Trinajstić information content (AvgIpc) is 2.64. The van der Waals surface area contributed by atoms with Gasteiger partial charge in [-0.25, -0.2) is 0 Å². The maximum atomic E-state index is 13.3. The van der Waals surface area contributed by atoms with Gasteiger partial charge in [-0.1, -0.05) is 38.0 Å². The van der Waals surface area contributed by atoms with Crippen molar-refractivity contribution in [2.75, 3.05) is 19.8 Å². The van der Waals surface area contributed by atoms with E-state index < -0.39 is 19.8 Å². The molecule has 1 N–H and O–H groups in total. The Morgan fingerprint density at radius 1 is 1.27 bits per heavy atom. The van der Waals surface area contributed by atoms with Gasteiger partial charge in [0.2, 0.25) is 0 Å². The van der Waals surface area contributed by atoms with Crippen molar-refractivity contribution >= 4 is 7.60 Å². The molecule has 6 nitrogen and oxygen atoms in total. The summed E-state index contributed by atoms with van der Waals surface area (Å²) in [5.41, 5.74) is 0. The minimum Gasteiger partial charge on any atom is -0.486 e. The van der Waals surface area contributed by atoms with Crippen LogP contribution < -0.4 is 9.47 Å². The lowest BCUT2D eigenvalue weighted by molar-refractivity contribution is 0.00828. The summed E-state index contributed by atoms with van der Waals surface area (Å²) in [5, 5.41) is 11.2. The highest BCUT2D eigenvalue weighted by molar-refractivity contribution is 7.58. The van der Waals surface area contributed by atoms with Crippen LogP contribution in [0.3, 0.4) is 0 Å². The number of fused-ring (bicyclic) bond motifs is 1. The van der Waals surface area contributed by atoms with Crippen LogP contribution in [0.5, 0.6) is 11.5 Å². The Morgan fingerprint density at radius 3 is 2.54 bits per heavy atom. The molecule has 2 atom stereocenters. The first-order chi connectivity index (χ1) is 12.6. The number of para-hydroxylation sites is 2. The van der Waals surface area contributed by atoms with Crippen LogP contribution in [0.25, 0.3) is 0 Å². The second kappa shape index (κ2) is 10.1. The van der Waals surface area contributed by atoms with E-state index >= 15 is 0 Å². The Bertz CT molecular complexity index is 635. The molecule has 0 saturated heterocycles. The summed E-state index contributed by atoms with van der Waals surface area (Å²) < 4.78 is 35.7. The summed E-state index contributed by atoms with van der Waals surface area (Å²) in [4.78, 5) is 0. The molecule has 0 bridgehead atoms. The van der Waals surface area contributed by atoms with Crippen LogP contribution in [-0.4, -0.2) is 37.1 Å². The maximum Gasteiger partial charge on any atom is 0.359 e. The number of rotatable bonds is 10. The van der Waals surface area contributed by atoms with Gasteiger partial charge in [0.05, 0.1) is 18.5 Å². The fraction of sp³-hybridized carbons (Fsp3) is 0.579. The van der Waals surface area contributed by atoms with E-state index in [2.05, 4.69) is 6.92 Å². The molecule has 2 unspecified atom stereocenters. The SMILES string of the molecule is CCCC/C=C(/C(O)C1COc2ccccc2O1)P(=O)(OCC)OCC. The van der Waals surface area contributed by atoms with E-state index in [-0.39, 0.29) is 25.1 Å². The van der Waals surface area contributed by atoms with E-state index in [0.717, 1.165) is 12.8 Å². The summed E-state index contributed by atoms with van der Waals surface area (Å²) in [7, 11) is -3.60. The van der Waals surface area contributed by atoms with Gasteiger partial charge in [-0.15, -0.1) is 0 Å². The lowest BCUT2D eigenvalue weighted by atomic mass is 10.1. The number of benzene rings is 1. The van der Waals surface area contributed by atoms with Gasteiger partial charge in [-0.05, 0) is 32.4 Å². The molecule has 26 heavy (non-hydrogen) atoms. The summed E-state index contributed by atoms with van der Waals surface area (Å²) in [5.74, 6) is 1.18. The third-order valence-corrected chi connectivity index (χ3v) is 6.29. The lowest BCUT2D eigenvalue weighted by Gasteiger charge is -2.32. The Labute approximate surface area is 155 Å². The molecule has 1 aliphatic rings. The molecule has 0 aromatic heterocycles. The monoisotopic (exact) mass is 384 g/mol. The highest BCUT2D eigenvalue weighted by Crippen LogP contribution is 2.58. The third kappa shape index (κ3) is 5.10. The zero-order valence-corrected chi connectivity index (χ0v) is 16.6. The number of hydrogen-bond acceptors (Lipinski definition) is 6. The lowest BCUT2D eigenvalue weighted by Crippen LogP contribution is -2.41. The summed E-state index contributed by atoms with van der Waals surface area (Å²) in [6.45, 7) is 6.17. The summed E-state index contributed by atoms with van der Waals surface area (Å²) in [6.07, 6.45) is 2.51. The first-order valence-corrected chi connectivity index (χ1v) is 10.8. The van der Waals surface area contributed by atoms with E-state index in [0.29, 0.717) is 17.9 Å². The molecule has 2 rings (SSSR count). The number of aliphatic hydroxyl groups is 1. The van der Waals surface area contributed by atoms with E-state index in [1.807, 2.05) is 12.1 Å². The zero-order chi connectivity index (χ0) is 19.0. The molecule has 7 heteroatoms. The van der Waals surface area contributed by atoms with Crippen molar-refractivity contribution < 1.29 is 28.2 Å². The molecular weight excluding hydrogens is 355 g/mol. The van der Waals surface area contributed by atoms with Gasteiger partial charge >= 0.3 is 7.60 Å². The van der Waals surface area contributed by atoms with Crippen molar-refractivity contribution in [3.8, 4) is 11.5 Å². The van der Waals surface area contributed by atoms with Gasteiger partial charge in [-0.3, -0.25) is 4.57 Å². The van der Waals surface area contributed by atoms with Crippen LogP contribution in [0.1, 0.15) is 40.0 Å². The van der Waals surface area contributed by atoms with Crippen LogP contribution in [0.4, 0.5) is 0 Å². The number of unbranched alkanes of at least 4 members (excludes halogenated alkanes) is 2. The Balaban J connectivity index is 2.27. The molecule has 1 aliphatic heterocycles. The molecule has 0 amide bonds. The van der Waals surface area contributed by atoms with Gasteiger partial charge in [0.15, 0.2) is 17.6 Å². The topological polar surface area (TPSA) is 74.2 Å². The summed E-state index contributed by atoms with van der Waals surface area (Å²) >= 11 is 0. The number of hydrogen-bond donors (Lipinski definition) is 1. The molecular formula is C19H29O6P.